The molecule has 0 amide bonds. The first kappa shape index (κ1) is 18.0. The zero-order valence-electron chi connectivity index (χ0n) is 15.3. The van der Waals surface area contributed by atoms with Gasteiger partial charge in [-0.2, -0.15) is 0 Å². The van der Waals surface area contributed by atoms with Crippen LogP contribution in [0.25, 0.3) is 27.0 Å². The van der Waals surface area contributed by atoms with Gasteiger partial charge in [-0.1, -0.05) is 67.2 Å². The Morgan fingerprint density at radius 1 is 1.04 bits per heavy atom. The molecule has 0 spiro atoms. The Morgan fingerprint density at radius 3 is 2.37 bits per heavy atom. The lowest BCUT2D eigenvalue weighted by Gasteiger charge is -2.12. The molecule has 0 radical (unpaired) electrons. The highest BCUT2D eigenvalue weighted by Crippen LogP contribution is 2.36. The molecule has 0 N–H and O–H groups in total. The Hall–Kier alpha value is -2.37. The second kappa shape index (κ2) is 7.71. The highest BCUT2D eigenvalue weighted by Gasteiger charge is 2.20. The number of para-hydroxylation sites is 1. The molecule has 0 fully saturated rings. The normalized spacial score (nSPS) is 11.2. The molecule has 0 aliphatic carbocycles. The SMILES string of the molecule is CCCSc1nc2sc(C)c(-c3ccccc3)c2c(=O)n1-c1ccccc1. The van der Waals surface area contributed by atoms with E-state index in [1.807, 2.05) is 48.5 Å². The standard InChI is InChI=1S/C22H20N2OS2/c1-3-14-26-22-23-20-19(21(25)24(22)17-12-8-5-9-13-17)18(15(2)27-20)16-10-6-4-7-11-16/h4-13H,3,14H2,1-2H3. The van der Waals surface area contributed by atoms with Gasteiger partial charge in [0, 0.05) is 16.2 Å². The Bertz CT molecular complexity index is 1130. The van der Waals surface area contributed by atoms with Crippen molar-refractivity contribution in [2.75, 3.05) is 5.75 Å². The lowest BCUT2D eigenvalue weighted by atomic mass is 10.0. The van der Waals surface area contributed by atoms with Crippen molar-refractivity contribution in [2.45, 2.75) is 25.4 Å². The summed E-state index contributed by atoms with van der Waals surface area (Å²) in [5.41, 5.74) is 2.94. The van der Waals surface area contributed by atoms with Gasteiger partial charge in [0.25, 0.3) is 5.56 Å². The summed E-state index contributed by atoms with van der Waals surface area (Å²) < 4.78 is 1.77. The molecule has 0 bridgehead atoms. The van der Waals surface area contributed by atoms with E-state index >= 15 is 0 Å². The number of thioether (sulfide) groups is 1. The lowest BCUT2D eigenvalue weighted by Crippen LogP contribution is -2.21. The van der Waals surface area contributed by atoms with Crippen LogP contribution in [0.3, 0.4) is 0 Å². The summed E-state index contributed by atoms with van der Waals surface area (Å²) in [5, 5.41) is 1.48. The number of hydrogen-bond acceptors (Lipinski definition) is 4. The third-order valence-electron chi connectivity index (χ3n) is 4.38. The van der Waals surface area contributed by atoms with Gasteiger partial charge in [-0.05, 0) is 31.0 Å². The number of nitrogens with zero attached hydrogens (tertiary/aromatic N) is 2. The van der Waals surface area contributed by atoms with E-state index < -0.39 is 0 Å². The average molecular weight is 393 g/mol. The Morgan fingerprint density at radius 2 is 1.70 bits per heavy atom. The van der Waals surface area contributed by atoms with Crippen molar-refractivity contribution in [1.29, 1.82) is 0 Å². The van der Waals surface area contributed by atoms with Gasteiger partial charge in [-0.15, -0.1) is 11.3 Å². The van der Waals surface area contributed by atoms with Gasteiger partial charge < -0.3 is 0 Å². The molecule has 136 valence electrons. The Balaban J connectivity index is 2.05. The summed E-state index contributed by atoms with van der Waals surface area (Å²) in [6.45, 7) is 4.21. The Labute approximate surface area is 166 Å². The van der Waals surface area contributed by atoms with Crippen molar-refractivity contribution in [3.05, 3.63) is 75.9 Å². The maximum atomic E-state index is 13.6. The smallest absolute Gasteiger partial charge is 0.268 e. The minimum atomic E-state index is 0.00741. The molecule has 4 rings (SSSR count). The predicted molar refractivity (Wildman–Crippen MR) is 116 cm³/mol. The average Bonchev–Trinajstić information content (AvgIpc) is 3.04. The van der Waals surface area contributed by atoms with E-state index in [4.69, 9.17) is 4.98 Å². The van der Waals surface area contributed by atoms with Crippen molar-refractivity contribution in [3.63, 3.8) is 0 Å². The zero-order valence-corrected chi connectivity index (χ0v) is 16.9. The fourth-order valence-electron chi connectivity index (χ4n) is 3.19. The van der Waals surface area contributed by atoms with Gasteiger partial charge in [-0.25, -0.2) is 4.98 Å². The second-order valence-electron chi connectivity index (χ2n) is 6.30. The first-order valence-corrected chi connectivity index (χ1v) is 10.8. The van der Waals surface area contributed by atoms with Gasteiger partial charge in [0.05, 0.1) is 11.1 Å². The number of thiophene rings is 1. The van der Waals surface area contributed by atoms with E-state index in [1.165, 1.54) is 0 Å². The molecule has 5 heteroatoms. The molecule has 0 aliphatic rings. The molecular formula is C22H20N2OS2. The van der Waals surface area contributed by atoms with Crippen LogP contribution in [0.1, 0.15) is 18.2 Å². The number of hydrogen-bond donors (Lipinski definition) is 0. The molecule has 2 aromatic carbocycles. The topological polar surface area (TPSA) is 34.9 Å². The van der Waals surface area contributed by atoms with Gasteiger partial charge >= 0.3 is 0 Å². The van der Waals surface area contributed by atoms with Crippen molar-refractivity contribution in [1.82, 2.24) is 9.55 Å². The Kier molecular flexibility index (Phi) is 5.14. The minimum Gasteiger partial charge on any atom is -0.268 e. The molecule has 3 nitrogen and oxygen atoms in total. The maximum absolute atomic E-state index is 13.6. The van der Waals surface area contributed by atoms with Crippen LogP contribution in [0.15, 0.2) is 70.6 Å². The van der Waals surface area contributed by atoms with Gasteiger partial charge in [0.1, 0.15) is 4.83 Å². The van der Waals surface area contributed by atoms with E-state index in [0.29, 0.717) is 5.39 Å². The number of rotatable bonds is 5. The predicted octanol–water partition coefficient (Wildman–Crippen LogP) is 5.92. The van der Waals surface area contributed by atoms with Crippen LogP contribution in [0, 0.1) is 6.92 Å². The summed E-state index contributed by atoms with van der Waals surface area (Å²) in [7, 11) is 0. The quantitative estimate of drug-likeness (QED) is 0.312. The van der Waals surface area contributed by atoms with Crippen LogP contribution < -0.4 is 5.56 Å². The van der Waals surface area contributed by atoms with Crippen molar-refractivity contribution in [2.24, 2.45) is 0 Å². The first-order chi connectivity index (χ1) is 13.2. The molecule has 4 aromatic rings. The van der Waals surface area contributed by atoms with Crippen molar-refractivity contribution >= 4 is 33.3 Å². The molecule has 0 saturated carbocycles. The largest absolute Gasteiger partial charge is 0.268 e. The van der Waals surface area contributed by atoms with E-state index in [9.17, 15) is 4.79 Å². The molecular weight excluding hydrogens is 372 g/mol. The van der Waals surface area contributed by atoms with Gasteiger partial charge in [-0.3, -0.25) is 9.36 Å². The second-order valence-corrected chi connectivity index (χ2v) is 8.56. The molecule has 0 aliphatic heterocycles. The molecule has 0 saturated heterocycles. The molecule has 2 aromatic heterocycles. The van der Waals surface area contributed by atoms with Crippen LogP contribution in [0.4, 0.5) is 0 Å². The third kappa shape index (κ3) is 3.33. The summed E-state index contributed by atoms with van der Waals surface area (Å²) in [6.07, 6.45) is 1.03. The van der Waals surface area contributed by atoms with Crippen LogP contribution in [-0.2, 0) is 0 Å². The number of aryl methyl sites for hydroxylation is 1. The highest BCUT2D eigenvalue weighted by atomic mass is 32.2. The van der Waals surface area contributed by atoms with Gasteiger partial charge in [0.2, 0.25) is 0 Å². The summed E-state index contributed by atoms with van der Waals surface area (Å²) in [6, 6.07) is 19.9. The molecule has 2 heterocycles. The maximum Gasteiger partial charge on any atom is 0.268 e. The van der Waals surface area contributed by atoms with Crippen LogP contribution >= 0.6 is 23.1 Å². The van der Waals surface area contributed by atoms with E-state index in [-0.39, 0.29) is 5.56 Å². The van der Waals surface area contributed by atoms with Crippen molar-refractivity contribution in [3.8, 4) is 16.8 Å². The third-order valence-corrected chi connectivity index (χ3v) is 6.53. The monoisotopic (exact) mass is 392 g/mol. The fourth-order valence-corrected chi connectivity index (χ4v) is 5.14. The zero-order chi connectivity index (χ0) is 18.8. The first-order valence-electron chi connectivity index (χ1n) is 9.00. The summed E-state index contributed by atoms with van der Waals surface area (Å²) in [4.78, 5) is 20.5. The van der Waals surface area contributed by atoms with Gasteiger partial charge in [0.15, 0.2) is 5.16 Å². The van der Waals surface area contributed by atoms with E-state index in [0.717, 1.165) is 43.9 Å². The van der Waals surface area contributed by atoms with E-state index in [1.54, 1.807) is 27.7 Å². The molecule has 27 heavy (non-hydrogen) atoms. The molecule has 0 atom stereocenters. The summed E-state index contributed by atoms with van der Waals surface area (Å²) >= 11 is 3.24. The van der Waals surface area contributed by atoms with Crippen molar-refractivity contribution < 1.29 is 0 Å². The number of benzene rings is 2. The lowest BCUT2D eigenvalue weighted by molar-refractivity contribution is 0.821. The highest BCUT2D eigenvalue weighted by molar-refractivity contribution is 7.99. The number of fused-ring (bicyclic) bond motifs is 1. The molecule has 0 unspecified atom stereocenters. The minimum absolute atomic E-state index is 0.00741. The fraction of sp³-hybridized carbons (Fsp3) is 0.182. The van der Waals surface area contributed by atoms with Crippen LogP contribution in [-0.4, -0.2) is 15.3 Å². The number of aromatic nitrogens is 2. The van der Waals surface area contributed by atoms with E-state index in [2.05, 4.69) is 26.0 Å². The van der Waals surface area contributed by atoms with Crippen LogP contribution in [0.5, 0.6) is 0 Å². The van der Waals surface area contributed by atoms with Crippen LogP contribution in [0.2, 0.25) is 0 Å². The summed E-state index contributed by atoms with van der Waals surface area (Å²) in [5.74, 6) is 0.931.